The van der Waals surface area contributed by atoms with Gasteiger partial charge in [0.05, 0.1) is 13.2 Å². The van der Waals surface area contributed by atoms with Crippen molar-refractivity contribution in [1.82, 2.24) is 10.6 Å². The molecule has 3 atom stereocenters. The molecular weight excluding hydrogens is 439 g/mol. The van der Waals surface area contributed by atoms with Crippen LogP contribution in [-0.4, -0.2) is 42.1 Å². The number of ether oxygens (including phenoxy) is 1. The van der Waals surface area contributed by atoms with Crippen LogP contribution in [0.25, 0.3) is 0 Å². The summed E-state index contributed by atoms with van der Waals surface area (Å²) in [7, 11) is 1.14. The van der Waals surface area contributed by atoms with Crippen molar-refractivity contribution >= 4 is 17.8 Å². The van der Waals surface area contributed by atoms with Crippen molar-refractivity contribution in [2.75, 3.05) is 7.11 Å². The number of hydrogen-bond acceptors (Lipinski definition) is 5. The third kappa shape index (κ3) is 6.26. The van der Waals surface area contributed by atoms with E-state index in [-0.39, 0.29) is 12.0 Å². The Morgan fingerprint density at radius 2 is 1.47 bits per heavy atom. The minimum atomic E-state index is -1.75. The Kier molecular flexibility index (Phi) is 8.48. The van der Waals surface area contributed by atoms with Gasteiger partial charge in [0.1, 0.15) is 11.9 Å². The van der Waals surface area contributed by atoms with Gasteiger partial charge >= 0.3 is 5.97 Å². The number of aliphatic hydroxyl groups excluding tert-OH is 1. The largest absolute Gasteiger partial charge is 0.467 e. The third-order valence-corrected chi connectivity index (χ3v) is 5.25. The summed E-state index contributed by atoms with van der Waals surface area (Å²) in [6, 6.07) is 20.3. The van der Waals surface area contributed by atoms with Crippen molar-refractivity contribution in [3.63, 3.8) is 0 Å². The number of hydrogen-bond donors (Lipinski definition) is 3. The van der Waals surface area contributed by atoms with E-state index in [0.29, 0.717) is 11.1 Å². The van der Waals surface area contributed by atoms with Gasteiger partial charge in [-0.25, -0.2) is 9.18 Å². The molecule has 0 heterocycles. The van der Waals surface area contributed by atoms with Gasteiger partial charge in [-0.05, 0) is 29.3 Å². The molecule has 34 heavy (non-hydrogen) atoms. The molecule has 3 aromatic carbocycles. The molecule has 0 fully saturated rings. The quantitative estimate of drug-likeness (QED) is 0.422. The summed E-state index contributed by atoms with van der Waals surface area (Å²) in [6.45, 7) is 0. The average Bonchev–Trinajstić information content (AvgIpc) is 2.88. The van der Waals surface area contributed by atoms with Gasteiger partial charge in [0.15, 0.2) is 6.10 Å². The van der Waals surface area contributed by atoms with Crippen molar-refractivity contribution in [2.24, 2.45) is 0 Å². The second-order valence-electron chi connectivity index (χ2n) is 7.55. The highest BCUT2D eigenvalue weighted by atomic mass is 19.1. The highest BCUT2D eigenvalue weighted by Gasteiger charge is 2.32. The third-order valence-electron chi connectivity index (χ3n) is 5.25. The van der Waals surface area contributed by atoms with Crippen LogP contribution in [0.15, 0.2) is 84.9 Å². The fraction of sp³-hybridized carbons (Fsp3) is 0.192. The molecule has 3 rings (SSSR count). The maximum atomic E-state index is 14.1. The number of aliphatic hydroxyl groups is 1. The van der Waals surface area contributed by atoms with Crippen LogP contribution in [0, 0.1) is 5.82 Å². The Bertz CT molecular complexity index is 1120. The first-order valence-electron chi connectivity index (χ1n) is 10.6. The van der Waals surface area contributed by atoms with Crippen molar-refractivity contribution in [3.05, 3.63) is 107 Å². The molecule has 0 unspecified atom stereocenters. The van der Waals surface area contributed by atoms with Crippen LogP contribution in [0.1, 0.15) is 27.5 Å². The number of esters is 1. The summed E-state index contributed by atoms with van der Waals surface area (Å²) >= 11 is 0. The predicted molar refractivity (Wildman–Crippen MR) is 123 cm³/mol. The SMILES string of the molecule is COC(=O)[C@H](Cc1ccccc1F)NC(=O)[C@H](O)[C@@H](NC(=O)c1ccccc1)c1ccccc1. The smallest absolute Gasteiger partial charge is 0.328 e. The van der Waals surface area contributed by atoms with Gasteiger partial charge in [0.25, 0.3) is 11.8 Å². The molecule has 0 aliphatic carbocycles. The monoisotopic (exact) mass is 464 g/mol. The van der Waals surface area contributed by atoms with Crippen LogP contribution in [0.2, 0.25) is 0 Å². The summed E-state index contributed by atoms with van der Waals surface area (Å²) in [5, 5.41) is 16.0. The minimum Gasteiger partial charge on any atom is -0.467 e. The normalized spacial score (nSPS) is 13.3. The van der Waals surface area contributed by atoms with Crippen molar-refractivity contribution in [1.29, 1.82) is 0 Å². The molecule has 3 aromatic rings. The summed E-state index contributed by atoms with van der Waals surface area (Å²) in [4.78, 5) is 38.0. The number of rotatable bonds is 9. The Morgan fingerprint density at radius 3 is 2.09 bits per heavy atom. The molecule has 0 spiro atoms. The highest BCUT2D eigenvalue weighted by molar-refractivity contribution is 5.95. The lowest BCUT2D eigenvalue weighted by molar-refractivity contribution is -0.146. The second-order valence-corrected chi connectivity index (χ2v) is 7.55. The summed E-state index contributed by atoms with van der Waals surface area (Å²) in [5.74, 6) is -2.75. The van der Waals surface area contributed by atoms with E-state index in [1.165, 1.54) is 18.2 Å². The van der Waals surface area contributed by atoms with E-state index in [2.05, 4.69) is 10.6 Å². The van der Waals surface area contributed by atoms with Gasteiger partial charge < -0.3 is 20.5 Å². The second kappa shape index (κ2) is 11.7. The number of carbonyl (C=O) groups excluding carboxylic acids is 3. The van der Waals surface area contributed by atoms with Crippen molar-refractivity contribution in [3.8, 4) is 0 Å². The fourth-order valence-corrected chi connectivity index (χ4v) is 3.45. The Hall–Kier alpha value is -4.04. The zero-order chi connectivity index (χ0) is 24.5. The van der Waals surface area contributed by atoms with Crippen molar-refractivity contribution < 1.29 is 28.6 Å². The van der Waals surface area contributed by atoms with Gasteiger partial charge in [-0.2, -0.15) is 0 Å². The predicted octanol–water partition coefficient (Wildman–Crippen LogP) is 2.56. The number of amides is 2. The van der Waals surface area contributed by atoms with E-state index >= 15 is 0 Å². The molecule has 0 saturated heterocycles. The Morgan fingerprint density at radius 1 is 0.882 bits per heavy atom. The van der Waals surface area contributed by atoms with Crippen LogP contribution in [-0.2, 0) is 20.7 Å². The molecule has 2 amide bonds. The van der Waals surface area contributed by atoms with E-state index in [1.807, 2.05) is 0 Å². The van der Waals surface area contributed by atoms with Crippen LogP contribution in [0.5, 0.6) is 0 Å². The van der Waals surface area contributed by atoms with Gasteiger partial charge in [-0.1, -0.05) is 66.7 Å². The van der Waals surface area contributed by atoms with E-state index in [0.717, 1.165) is 7.11 Å². The molecule has 7 nitrogen and oxygen atoms in total. The van der Waals surface area contributed by atoms with Gasteiger partial charge in [-0.3, -0.25) is 9.59 Å². The maximum absolute atomic E-state index is 14.1. The minimum absolute atomic E-state index is 0.176. The van der Waals surface area contributed by atoms with Crippen LogP contribution >= 0.6 is 0 Å². The number of carbonyl (C=O) groups is 3. The lowest BCUT2D eigenvalue weighted by Crippen LogP contribution is -2.51. The molecule has 0 aromatic heterocycles. The van der Waals surface area contributed by atoms with Crippen LogP contribution in [0.4, 0.5) is 4.39 Å². The molecule has 0 saturated carbocycles. The summed E-state index contributed by atoms with van der Waals surface area (Å²) in [6.07, 6.45) is -1.92. The number of halogens is 1. The van der Waals surface area contributed by atoms with Crippen LogP contribution < -0.4 is 10.6 Å². The van der Waals surface area contributed by atoms with E-state index < -0.39 is 41.8 Å². The standard InChI is InChI=1S/C26H25FN2O5/c1-34-26(33)21(16-19-14-8-9-15-20(19)27)28-25(32)23(30)22(17-10-4-2-5-11-17)29-24(31)18-12-6-3-7-13-18/h2-15,21-23,30H,16H2,1H3,(H,28,32)(H,29,31)/t21-,22-,23+/m0/s1. The zero-order valence-electron chi connectivity index (χ0n) is 18.5. The summed E-state index contributed by atoms with van der Waals surface area (Å²) in [5.41, 5.74) is 1.03. The van der Waals surface area contributed by atoms with Crippen molar-refractivity contribution in [2.45, 2.75) is 24.6 Å². The summed E-state index contributed by atoms with van der Waals surface area (Å²) < 4.78 is 18.9. The van der Waals surface area contributed by atoms with Crippen LogP contribution in [0.3, 0.4) is 0 Å². The molecule has 0 aliphatic heterocycles. The molecule has 8 heteroatoms. The van der Waals surface area contributed by atoms with Gasteiger partial charge in [0, 0.05) is 12.0 Å². The molecular formula is C26H25FN2O5. The lowest BCUT2D eigenvalue weighted by atomic mass is 9.99. The van der Waals surface area contributed by atoms with Gasteiger partial charge in [-0.15, -0.1) is 0 Å². The molecule has 176 valence electrons. The molecule has 3 N–H and O–H groups in total. The first-order chi connectivity index (χ1) is 16.4. The lowest BCUT2D eigenvalue weighted by Gasteiger charge is -2.26. The molecule has 0 aliphatic rings. The first-order valence-corrected chi connectivity index (χ1v) is 10.6. The van der Waals surface area contributed by atoms with E-state index in [9.17, 15) is 23.9 Å². The van der Waals surface area contributed by atoms with E-state index in [4.69, 9.17) is 4.74 Å². The number of methoxy groups -OCH3 is 1. The highest BCUT2D eigenvalue weighted by Crippen LogP contribution is 2.19. The average molecular weight is 464 g/mol. The van der Waals surface area contributed by atoms with Gasteiger partial charge in [0.2, 0.25) is 0 Å². The first kappa shape index (κ1) is 24.6. The maximum Gasteiger partial charge on any atom is 0.328 e. The Balaban J connectivity index is 1.81. The number of nitrogens with one attached hydrogen (secondary N) is 2. The fourth-order valence-electron chi connectivity index (χ4n) is 3.45. The van der Waals surface area contributed by atoms with E-state index in [1.54, 1.807) is 66.7 Å². The molecule has 0 bridgehead atoms. The zero-order valence-corrected chi connectivity index (χ0v) is 18.5. The number of benzene rings is 3. The Labute approximate surface area is 196 Å². The molecule has 0 radical (unpaired) electrons. The topological polar surface area (TPSA) is 105 Å².